The Labute approximate surface area is 364 Å². The largest absolute Gasteiger partial charge is 2.00 e. The number of hydrogen-bond acceptors (Lipinski definition) is 2. The fraction of sp³-hybridized carbons (Fsp3) is 0.294. The fourth-order valence-electron chi connectivity index (χ4n) is 7.68. The van der Waals surface area contributed by atoms with Crippen LogP contribution in [0.25, 0.3) is 27.6 Å². The molecule has 8 rings (SSSR count). The van der Waals surface area contributed by atoms with Gasteiger partial charge in [0.2, 0.25) is 5.69 Å². The molecule has 302 valence electrons. The maximum atomic E-state index is 14.7. The zero-order valence-corrected chi connectivity index (χ0v) is 39.5. The average Bonchev–Trinajstić information content (AvgIpc) is 3.69. The zero-order chi connectivity index (χ0) is 41.5. The first-order chi connectivity index (χ1) is 27.2. The molecular formula is C51H53FN4OPtSi+2. The van der Waals surface area contributed by atoms with Crippen LogP contribution >= 0.6 is 0 Å². The molecule has 1 aliphatic heterocycles. The number of nitrogens with zero attached hydrogens (tertiary/aromatic N) is 4. The number of ether oxygens (including phenoxy) is 1. The molecule has 0 radical (unpaired) electrons. The maximum Gasteiger partial charge on any atom is 2.00 e. The Morgan fingerprint density at radius 2 is 1.34 bits per heavy atom. The number of aromatic nitrogens is 2. The van der Waals surface area contributed by atoms with Crippen LogP contribution in [0.5, 0.6) is 11.5 Å². The van der Waals surface area contributed by atoms with E-state index in [-0.39, 0.29) is 43.1 Å². The van der Waals surface area contributed by atoms with Crippen molar-refractivity contribution in [1.82, 2.24) is 18.7 Å². The van der Waals surface area contributed by atoms with Crippen molar-refractivity contribution in [2.45, 2.75) is 98.2 Å². The van der Waals surface area contributed by atoms with Crippen LogP contribution in [0.15, 0.2) is 103 Å². The zero-order valence-electron chi connectivity index (χ0n) is 36.2. The molecule has 1 aliphatic rings. The molecule has 3 heterocycles. The van der Waals surface area contributed by atoms with Gasteiger partial charge in [0, 0.05) is 46.6 Å². The molecule has 8 heteroatoms. The first-order valence-corrected chi connectivity index (χ1v) is 23.7. The Hall–Kier alpha value is -4.93. The van der Waals surface area contributed by atoms with Crippen molar-refractivity contribution in [3.63, 3.8) is 0 Å². The van der Waals surface area contributed by atoms with Crippen molar-refractivity contribution in [3.05, 3.63) is 138 Å². The van der Waals surface area contributed by atoms with E-state index in [0.29, 0.717) is 11.5 Å². The fourth-order valence-corrected chi connectivity index (χ4v) is 9.23. The minimum absolute atomic E-state index is 0. The van der Waals surface area contributed by atoms with Gasteiger partial charge in [-0.05, 0) is 73.2 Å². The molecule has 0 fully saturated rings. The molecule has 0 amide bonds. The molecule has 0 atom stereocenters. The van der Waals surface area contributed by atoms with E-state index in [1.165, 1.54) is 28.1 Å². The van der Waals surface area contributed by atoms with Crippen molar-refractivity contribution in [1.29, 1.82) is 0 Å². The van der Waals surface area contributed by atoms with Gasteiger partial charge in [-0.1, -0.05) is 122 Å². The van der Waals surface area contributed by atoms with Crippen molar-refractivity contribution < 1.29 is 30.2 Å². The monoisotopic (exact) mass is 979 g/mol. The number of fused-ring (bicyclic) bond motifs is 4. The second-order valence-corrected chi connectivity index (χ2v) is 24.7. The van der Waals surface area contributed by atoms with Gasteiger partial charge in [-0.2, -0.15) is 12.1 Å². The molecule has 0 spiro atoms. The summed E-state index contributed by atoms with van der Waals surface area (Å²) >= 11 is 0. The van der Waals surface area contributed by atoms with Gasteiger partial charge in [0.05, 0.1) is 8.07 Å². The van der Waals surface area contributed by atoms with Crippen LogP contribution in [0, 0.1) is 17.9 Å². The summed E-state index contributed by atoms with van der Waals surface area (Å²) in [4.78, 5) is 4.78. The van der Waals surface area contributed by atoms with E-state index in [4.69, 9.17) is 9.72 Å². The summed E-state index contributed by atoms with van der Waals surface area (Å²) in [5.74, 6) is 1.51. The normalized spacial score (nSPS) is 13.3. The maximum absolute atomic E-state index is 14.7. The van der Waals surface area contributed by atoms with Gasteiger partial charge in [0.25, 0.3) is 11.4 Å². The first kappa shape index (κ1) is 42.2. The molecule has 0 saturated carbocycles. The van der Waals surface area contributed by atoms with Crippen molar-refractivity contribution in [3.8, 4) is 17.3 Å². The topological polar surface area (TPSA) is 33.1 Å². The van der Waals surface area contributed by atoms with Crippen molar-refractivity contribution in [2.75, 3.05) is 0 Å². The molecule has 5 nitrogen and oxygen atoms in total. The third kappa shape index (κ3) is 8.06. The van der Waals surface area contributed by atoms with Gasteiger partial charge in [-0.3, -0.25) is 0 Å². The summed E-state index contributed by atoms with van der Waals surface area (Å²) in [5.41, 5.74) is 9.32. The SMILES string of the molecule is CC(C)(C)c1cc([N+]2=C=[N+](c3[c-]c(Oc4[c-]c5c(cc4)c4cc(F)ccc4n5-c4cc(C(C)(C)C)ccn4)ccc3)c3cccc([Si](C)(C)C)c32)cc(C(C)(C)C)c1.[Pt+2]. The Bertz CT molecular complexity index is 2830. The molecule has 2 aromatic heterocycles. The quantitative estimate of drug-likeness (QED) is 0.0945. The van der Waals surface area contributed by atoms with Gasteiger partial charge in [0.15, 0.2) is 0 Å². The van der Waals surface area contributed by atoms with Crippen LogP contribution in [0.1, 0.15) is 79.0 Å². The van der Waals surface area contributed by atoms with Crippen molar-refractivity contribution >= 4 is 63.8 Å². The Morgan fingerprint density at radius 1 is 0.678 bits per heavy atom. The average molecular weight is 980 g/mol. The third-order valence-corrected chi connectivity index (χ3v) is 13.1. The standard InChI is InChI=1S/C51H53FN4OSi.Pt/c1-49(2,3)33-23-24-53-47(28-33)56-43-22-19-36(52)29-42(43)41-21-20-40(31-45(41)56)57-39-16-13-15-37(30-39)54-32-55(48-44(54)17-14-18-46(48)58(10,11)12)38-26-34(50(4,5)6)25-35(27-38)51(7,8)9;/h13-29H,1-12H3;/q;+2. The van der Waals surface area contributed by atoms with Crippen LogP contribution in [-0.2, 0) is 37.3 Å². The Morgan fingerprint density at radius 3 is 2.00 bits per heavy atom. The van der Waals surface area contributed by atoms with Gasteiger partial charge in [-0.25, -0.2) is 9.37 Å². The summed E-state index contributed by atoms with van der Waals surface area (Å²) in [7, 11) is -1.81. The van der Waals surface area contributed by atoms with Gasteiger partial charge < -0.3 is 9.30 Å². The number of hydrogen-bond donors (Lipinski definition) is 0. The summed E-state index contributed by atoms with van der Waals surface area (Å²) in [6.45, 7) is 27.4. The molecule has 5 aromatic carbocycles. The Balaban J connectivity index is 0.00000528. The Kier molecular flexibility index (Phi) is 10.7. The number of pyridine rings is 1. The second-order valence-electron chi connectivity index (χ2n) is 19.7. The predicted molar refractivity (Wildman–Crippen MR) is 243 cm³/mol. The summed E-state index contributed by atoms with van der Waals surface area (Å²) in [6.07, 6.45) is 1.83. The van der Waals surface area contributed by atoms with E-state index in [0.717, 1.165) is 50.2 Å². The smallest absolute Gasteiger partial charge is 0.509 e. The predicted octanol–water partition coefficient (Wildman–Crippen LogP) is 13.0. The molecule has 0 unspecified atom stereocenters. The second kappa shape index (κ2) is 15.0. The summed E-state index contributed by atoms with van der Waals surface area (Å²) in [5, 5.41) is 3.02. The molecule has 59 heavy (non-hydrogen) atoms. The third-order valence-electron chi connectivity index (χ3n) is 11.1. The molecule has 0 bridgehead atoms. The van der Waals surface area contributed by atoms with E-state index in [1.54, 1.807) is 6.07 Å². The summed E-state index contributed by atoms with van der Waals surface area (Å²) < 4.78 is 27.7. The van der Waals surface area contributed by atoms with Crippen LogP contribution < -0.4 is 19.1 Å². The number of rotatable bonds is 6. The van der Waals surface area contributed by atoms with Crippen LogP contribution in [-0.4, -0.2) is 23.6 Å². The van der Waals surface area contributed by atoms with Gasteiger partial charge in [0.1, 0.15) is 17.3 Å². The van der Waals surface area contributed by atoms with Crippen LogP contribution in [0.3, 0.4) is 0 Å². The molecule has 0 N–H and O–H groups in total. The van der Waals surface area contributed by atoms with Crippen LogP contribution in [0.4, 0.5) is 27.1 Å². The molecule has 0 aliphatic carbocycles. The molecule has 0 saturated heterocycles. The first-order valence-electron chi connectivity index (χ1n) is 20.2. The van der Waals surface area contributed by atoms with E-state index < -0.39 is 8.07 Å². The molecular weight excluding hydrogens is 927 g/mol. The summed E-state index contributed by atoms with van der Waals surface area (Å²) in [6, 6.07) is 43.4. The number of para-hydroxylation sites is 1. The van der Waals surface area contributed by atoms with E-state index in [2.05, 4.69) is 152 Å². The van der Waals surface area contributed by atoms with Gasteiger partial charge >= 0.3 is 27.1 Å². The van der Waals surface area contributed by atoms with E-state index >= 15 is 0 Å². The van der Waals surface area contributed by atoms with Crippen molar-refractivity contribution in [2.24, 2.45) is 0 Å². The number of halogens is 1. The minimum atomic E-state index is -1.81. The minimum Gasteiger partial charge on any atom is -0.509 e. The van der Waals surface area contributed by atoms with E-state index in [9.17, 15) is 4.39 Å². The number of benzene rings is 5. The van der Waals surface area contributed by atoms with Gasteiger partial charge in [-0.15, -0.1) is 23.6 Å². The van der Waals surface area contributed by atoms with E-state index in [1.807, 2.05) is 53.2 Å². The van der Waals surface area contributed by atoms with Crippen LogP contribution in [0.2, 0.25) is 19.6 Å². The molecule has 7 aromatic rings.